The largest absolute Gasteiger partial charge is 0.497 e. The molecule has 4 rings (SSSR count). The lowest BCUT2D eigenvalue weighted by Crippen LogP contribution is -2.44. The van der Waals surface area contributed by atoms with Gasteiger partial charge in [-0.15, -0.1) is 0 Å². The van der Waals surface area contributed by atoms with Gasteiger partial charge >= 0.3 is 6.03 Å². The molecule has 0 bridgehead atoms. The van der Waals surface area contributed by atoms with Crippen LogP contribution in [0.2, 0.25) is 0 Å². The third-order valence-electron chi connectivity index (χ3n) is 4.96. The molecule has 0 radical (unpaired) electrons. The minimum Gasteiger partial charge on any atom is -0.497 e. The summed E-state index contributed by atoms with van der Waals surface area (Å²) >= 11 is 1.53. The Hall–Kier alpha value is -3.20. The van der Waals surface area contributed by atoms with Crippen LogP contribution in [0.3, 0.4) is 0 Å². The molecule has 3 aromatic rings. The van der Waals surface area contributed by atoms with Crippen molar-refractivity contribution in [1.82, 2.24) is 20.4 Å². The number of hydrogen-bond acceptors (Lipinski definition) is 7. The highest BCUT2D eigenvalue weighted by molar-refractivity contribution is 7.08. The second-order valence-corrected chi connectivity index (χ2v) is 7.81. The van der Waals surface area contributed by atoms with Crippen molar-refractivity contribution < 1.29 is 18.8 Å². The molecule has 3 amide bonds. The third kappa shape index (κ3) is 3.86. The number of urea groups is 1. The lowest BCUT2D eigenvalue weighted by molar-refractivity contribution is -0.131. The quantitative estimate of drug-likeness (QED) is 0.598. The van der Waals surface area contributed by atoms with Crippen LogP contribution in [0.4, 0.5) is 4.79 Å². The smallest absolute Gasteiger partial charge is 0.325 e. The number of methoxy groups -OCH3 is 1. The van der Waals surface area contributed by atoms with Crippen LogP contribution in [0.1, 0.15) is 24.8 Å². The molecule has 8 nitrogen and oxygen atoms in total. The molecule has 0 aliphatic carbocycles. The average molecular weight is 412 g/mol. The Morgan fingerprint density at radius 3 is 2.72 bits per heavy atom. The van der Waals surface area contributed by atoms with Crippen LogP contribution in [-0.2, 0) is 17.8 Å². The summed E-state index contributed by atoms with van der Waals surface area (Å²) in [6.45, 7) is 1.68. The van der Waals surface area contributed by atoms with Gasteiger partial charge in [-0.3, -0.25) is 9.69 Å². The van der Waals surface area contributed by atoms with E-state index in [9.17, 15) is 9.59 Å². The number of nitrogens with zero attached hydrogens (tertiary/aromatic N) is 3. The summed E-state index contributed by atoms with van der Waals surface area (Å²) in [7, 11) is 1.62. The molecule has 2 aromatic heterocycles. The number of amides is 3. The second-order valence-electron chi connectivity index (χ2n) is 7.03. The molecule has 0 spiro atoms. The number of thiophene rings is 1. The Kier molecular flexibility index (Phi) is 5.06. The molecule has 1 aliphatic rings. The molecule has 1 fully saturated rings. The zero-order valence-corrected chi connectivity index (χ0v) is 16.9. The number of ether oxygens (including phenoxy) is 1. The summed E-state index contributed by atoms with van der Waals surface area (Å²) in [6, 6.07) is 9.07. The second kappa shape index (κ2) is 7.67. The number of aromatic nitrogens is 2. The van der Waals surface area contributed by atoms with E-state index in [1.54, 1.807) is 14.0 Å². The summed E-state index contributed by atoms with van der Waals surface area (Å²) in [4.78, 5) is 30.8. The van der Waals surface area contributed by atoms with Gasteiger partial charge < -0.3 is 14.6 Å². The van der Waals surface area contributed by atoms with Crippen molar-refractivity contribution >= 4 is 23.3 Å². The van der Waals surface area contributed by atoms with Crippen molar-refractivity contribution in [2.45, 2.75) is 31.8 Å². The lowest BCUT2D eigenvalue weighted by Gasteiger charge is -2.21. The first-order chi connectivity index (χ1) is 14.0. The van der Waals surface area contributed by atoms with Gasteiger partial charge in [-0.2, -0.15) is 16.3 Å². The Morgan fingerprint density at radius 1 is 1.24 bits per heavy atom. The first-order valence-electron chi connectivity index (χ1n) is 9.11. The van der Waals surface area contributed by atoms with Crippen LogP contribution in [0, 0.1) is 0 Å². The van der Waals surface area contributed by atoms with Crippen molar-refractivity contribution in [1.29, 1.82) is 0 Å². The average Bonchev–Trinajstić information content (AvgIpc) is 3.45. The maximum absolute atomic E-state index is 12.9. The molecule has 29 heavy (non-hydrogen) atoms. The number of carbonyl (C=O) groups is 2. The highest BCUT2D eigenvalue weighted by Gasteiger charge is 2.47. The maximum atomic E-state index is 12.9. The number of aryl methyl sites for hydroxylation is 1. The van der Waals surface area contributed by atoms with E-state index in [-0.39, 0.29) is 18.3 Å². The van der Waals surface area contributed by atoms with E-state index in [1.165, 1.54) is 11.3 Å². The van der Waals surface area contributed by atoms with Gasteiger partial charge in [0, 0.05) is 10.9 Å². The standard InChI is InChI=1S/C20H20N4O4S/c1-20(9-7-13-3-5-15(27-2)6-4-13)18(25)24(19(26)22-20)11-16-21-17(23-28-16)14-8-10-29-12-14/h3-6,8,10,12H,7,9,11H2,1-2H3,(H,22,26)/t20-/m1/s1. The maximum Gasteiger partial charge on any atom is 0.325 e. The van der Waals surface area contributed by atoms with Gasteiger partial charge in [-0.05, 0) is 48.9 Å². The highest BCUT2D eigenvalue weighted by atomic mass is 32.1. The fourth-order valence-corrected chi connectivity index (χ4v) is 3.84. The van der Waals surface area contributed by atoms with E-state index in [0.29, 0.717) is 18.7 Å². The summed E-state index contributed by atoms with van der Waals surface area (Å²) in [6.07, 6.45) is 1.12. The van der Waals surface area contributed by atoms with Gasteiger partial charge in [0.2, 0.25) is 11.7 Å². The first-order valence-corrected chi connectivity index (χ1v) is 10.0. The van der Waals surface area contributed by atoms with E-state index in [0.717, 1.165) is 21.8 Å². The van der Waals surface area contributed by atoms with Crippen molar-refractivity contribution in [2.75, 3.05) is 7.11 Å². The van der Waals surface area contributed by atoms with Gasteiger partial charge in [0.25, 0.3) is 5.91 Å². The molecule has 3 heterocycles. The predicted octanol–water partition coefficient (Wildman–Crippen LogP) is 3.25. The van der Waals surface area contributed by atoms with E-state index in [1.807, 2.05) is 41.1 Å². The minimum atomic E-state index is -0.979. The number of hydrogen-bond donors (Lipinski definition) is 1. The Labute approximate surface area is 171 Å². The first kappa shape index (κ1) is 19.1. The fraction of sp³-hybridized carbons (Fsp3) is 0.300. The van der Waals surface area contributed by atoms with Gasteiger partial charge in [0.15, 0.2) is 0 Å². The van der Waals surface area contributed by atoms with Gasteiger partial charge in [-0.25, -0.2) is 4.79 Å². The summed E-state index contributed by atoms with van der Waals surface area (Å²) in [5.74, 6) is 1.13. The van der Waals surface area contributed by atoms with E-state index in [4.69, 9.17) is 9.26 Å². The molecule has 9 heteroatoms. The number of carbonyl (C=O) groups excluding carboxylic acids is 2. The van der Waals surface area contributed by atoms with Crippen LogP contribution >= 0.6 is 11.3 Å². The number of benzene rings is 1. The molecule has 1 saturated heterocycles. The van der Waals surface area contributed by atoms with Crippen LogP contribution < -0.4 is 10.1 Å². The van der Waals surface area contributed by atoms with Crippen LogP contribution in [0.25, 0.3) is 11.4 Å². The normalized spacial score (nSPS) is 18.9. The van der Waals surface area contributed by atoms with Gasteiger partial charge in [0.05, 0.1) is 7.11 Å². The molecular weight excluding hydrogens is 392 g/mol. The van der Waals surface area contributed by atoms with E-state index < -0.39 is 11.6 Å². The number of imide groups is 1. The van der Waals surface area contributed by atoms with E-state index >= 15 is 0 Å². The molecule has 150 valence electrons. The van der Waals surface area contributed by atoms with Crippen LogP contribution in [-0.4, -0.2) is 39.6 Å². The molecule has 1 aromatic carbocycles. The molecule has 1 N–H and O–H groups in total. The minimum absolute atomic E-state index is 0.0556. The molecular formula is C20H20N4O4S. The topological polar surface area (TPSA) is 97.6 Å². The van der Waals surface area contributed by atoms with Crippen LogP contribution in [0.5, 0.6) is 5.75 Å². The van der Waals surface area contributed by atoms with Crippen molar-refractivity contribution in [2.24, 2.45) is 0 Å². The third-order valence-corrected chi connectivity index (χ3v) is 5.64. The molecule has 1 aliphatic heterocycles. The fourth-order valence-electron chi connectivity index (χ4n) is 3.21. The van der Waals surface area contributed by atoms with E-state index in [2.05, 4.69) is 15.5 Å². The Bertz CT molecular complexity index is 1020. The highest BCUT2D eigenvalue weighted by Crippen LogP contribution is 2.26. The van der Waals surface area contributed by atoms with Gasteiger partial charge in [-0.1, -0.05) is 17.3 Å². The van der Waals surface area contributed by atoms with Crippen molar-refractivity contribution in [3.8, 4) is 17.1 Å². The summed E-state index contributed by atoms with van der Waals surface area (Å²) < 4.78 is 10.4. The van der Waals surface area contributed by atoms with Crippen LogP contribution in [0.15, 0.2) is 45.6 Å². The van der Waals surface area contributed by atoms with Crippen molar-refractivity contribution in [3.63, 3.8) is 0 Å². The predicted molar refractivity (Wildman–Crippen MR) is 106 cm³/mol. The number of nitrogens with one attached hydrogen (secondary N) is 1. The monoisotopic (exact) mass is 412 g/mol. The lowest BCUT2D eigenvalue weighted by atomic mass is 9.93. The zero-order valence-electron chi connectivity index (χ0n) is 16.0. The van der Waals surface area contributed by atoms with Crippen molar-refractivity contribution in [3.05, 3.63) is 52.5 Å². The Morgan fingerprint density at radius 2 is 2.03 bits per heavy atom. The summed E-state index contributed by atoms with van der Waals surface area (Å²) in [5, 5.41) is 10.5. The summed E-state index contributed by atoms with van der Waals surface area (Å²) in [5.41, 5.74) is 0.920. The molecule has 1 atom stereocenters. The van der Waals surface area contributed by atoms with Gasteiger partial charge in [0.1, 0.15) is 17.8 Å². The number of rotatable bonds is 7. The zero-order chi connectivity index (χ0) is 20.4. The Balaban J connectivity index is 1.42. The SMILES string of the molecule is COc1ccc(CC[C@@]2(C)NC(=O)N(Cc3nc(-c4ccsc4)no3)C2=O)cc1. The molecule has 0 saturated carbocycles. The molecule has 0 unspecified atom stereocenters.